The summed E-state index contributed by atoms with van der Waals surface area (Å²) in [6, 6.07) is 7.47. The number of hydrogen-bond donors (Lipinski definition) is 1. The molecule has 32 heavy (non-hydrogen) atoms. The lowest BCUT2D eigenvalue weighted by molar-refractivity contribution is -0.121. The normalized spacial score (nSPS) is 13.1. The Bertz CT molecular complexity index is 1150. The molecule has 170 valence electrons. The van der Waals surface area contributed by atoms with Crippen LogP contribution in [0.5, 0.6) is 0 Å². The summed E-state index contributed by atoms with van der Waals surface area (Å²) in [6.07, 6.45) is 5.15. The van der Waals surface area contributed by atoms with Gasteiger partial charge in [0, 0.05) is 10.0 Å². The fourth-order valence-electron chi connectivity index (χ4n) is 2.73. The summed E-state index contributed by atoms with van der Waals surface area (Å²) >= 11 is 11.9. The first-order chi connectivity index (χ1) is 15.1. The van der Waals surface area contributed by atoms with E-state index in [9.17, 15) is 17.6 Å². The molecule has 2 rings (SSSR count). The van der Waals surface area contributed by atoms with Crippen LogP contribution in [0.4, 0.5) is 10.1 Å². The summed E-state index contributed by atoms with van der Waals surface area (Å²) in [5.41, 5.74) is 0.103. The summed E-state index contributed by atoms with van der Waals surface area (Å²) in [5, 5.41) is 3.04. The topological polar surface area (TPSA) is 78.8 Å². The van der Waals surface area contributed by atoms with Gasteiger partial charge in [0.25, 0.3) is 10.0 Å². The lowest BCUT2D eigenvalue weighted by atomic mass is 10.2. The third-order valence-electron chi connectivity index (χ3n) is 4.38. The van der Waals surface area contributed by atoms with Gasteiger partial charge in [0.2, 0.25) is 5.91 Å². The van der Waals surface area contributed by atoms with Crippen molar-refractivity contribution in [2.24, 2.45) is 4.99 Å². The third-order valence-corrected chi connectivity index (χ3v) is 6.76. The number of carbonyl (C=O) groups excluding carboxylic acids is 1. The maximum Gasteiger partial charge on any atom is 0.265 e. The molecule has 0 fully saturated rings. The zero-order valence-electron chi connectivity index (χ0n) is 17.4. The molecule has 1 atom stereocenters. The Morgan fingerprint density at radius 3 is 2.44 bits per heavy atom. The van der Waals surface area contributed by atoms with E-state index in [4.69, 9.17) is 23.2 Å². The van der Waals surface area contributed by atoms with Crippen molar-refractivity contribution in [1.82, 2.24) is 5.32 Å². The molecule has 0 saturated carbocycles. The van der Waals surface area contributed by atoms with Crippen molar-refractivity contribution in [3.63, 3.8) is 0 Å². The van der Waals surface area contributed by atoms with Gasteiger partial charge >= 0.3 is 0 Å². The number of nitrogens with one attached hydrogen (secondary N) is 1. The molecule has 0 aliphatic carbocycles. The van der Waals surface area contributed by atoms with Gasteiger partial charge in [-0.1, -0.05) is 35.4 Å². The Balaban J connectivity index is 2.49. The molecule has 0 saturated heterocycles. The third kappa shape index (κ3) is 6.18. The molecule has 0 radical (unpaired) electrons. The van der Waals surface area contributed by atoms with E-state index >= 15 is 0 Å². The molecule has 2 aromatic carbocycles. The van der Waals surface area contributed by atoms with Crippen molar-refractivity contribution >= 4 is 51.5 Å². The first-order valence-electron chi connectivity index (χ1n) is 9.43. The Morgan fingerprint density at radius 2 is 1.84 bits per heavy atom. The Labute approximate surface area is 197 Å². The number of amides is 1. The smallest absolute Gasteiger partial charge is 0.265 e. The number of halogens is 3. The second kappa shape index (κ2) is 11.3. The summed E-state index contributed by atoms with van der Waals surface area (Å²) in [6.45, 7) is 6.61. The standard InChI is InChI=1S/C22H22Cl2FN3O3S/c1-4-5-6-18(26-3)14-27-22(29)15(2)28(21-13-17(24)9-12-20(21)25)32(30,31)19-10-7-16(23)8-11-19/h4-13,15H,3,14H2,1-2H3,(H,27,29)/b5-4-,18-6-. The van der Waals surface area contributed by atoms with Crippen LogP contribution in [0.15, 0.2) is 76.3 Å². The van der Waals surface area contributed by atoms with E-state index in [1.165, 1.54) is 37.3 Å². The van der Waals surface area contributed by atoms with Crippen LogP contribution in [-0.2, 0) is 14.8 Å². The van der Waals surface area contributed by atoms with E-state index in [1.54, 1.807) is 18.2 Å². The molecule has 6 nitrogen and oxygen atoms in total. The monoisotopic (exact) mass is 497 g/mol. The summed E-state index contributed by atoms with van der Waals surface area (Å²) in [7, 11) is -4.36. The van der Waals surface area contributed by atoms with Crippen molar-refractivity contribution in [3.05, 3.63) is 82.3 Å². The first kappa shape index (κ1) is 25.6. The Hall–Kier alpha value is -2.68. The van der Waals surface area contributed by atoms with Gasteiger partial charge in [0.1, 0.15) is 11.9 Å². The van der Waals surface area contributed by atoms with Crippen LogP contribution >= 0.6 is 23.2 Å². The molecule has 0 aliphatic heterocycles. The predicted octanol–water partition coefficient (Wildman–Crippen LogP) is 4.99. The molecular formula is C22H22Cl2FN3O3S. The molecule has 1 unspecified atom stereocenters. The van der Waals surface area contributed by atoms with Crippen molar-refractivity contribution in [2.75, 3.05) is 10.8 Å². The van der Waals surface area contributed by atoms with Crippen LogP contribution in [-0.4, -0.2) is 33.6 Å². The van der Waals surface area contributed by atoms with Crippen LogP contribution in [0, 0.1) is 5.82 Å². The van der Waals surface area contributed by atoms with E-state index in [1.807, 2.05) is 6.92 Å². The van der Waals surface area contributed by atoms with E-state index in [0.29, 0.717) is 15.0 Å². The minimum atomic E-state index is -4.36. The highest BCUT2D eigenvalue weighted by Crippen LogP contribution is 2.31. The molecule has 0 heterocycles. The number of hydrogen-bond acceptors (Lipinski definition) is 4. The van der Waals surface area contributed by atoms with E-state index in [2.05, 4.69) is 17.0 Å². The van der Waals surface area contributed by atoms with Crippen molar-refractivity contribution in [1.29, 1.82) is 0 Å². The number of anilines is 1. The number of sulfonamides is 1. The second-order valence-electron chi connectivity index (χ2n) is 6.59. The van der Waals surface area contributed by atoms with E-state index < -0.39 is 27.8 Å². The lowest BCUT2D eigenvalue weighted by Gasteiger charge is -2.30. The first-order valence-corrected chi connectivity index (χ1v) is 11.6. The number of carbonyl (C=O) groups is 1. The molecule has 0 aliphatic rings. The second-order valence-corrected chi connectivity index (χ2v) is 9.27. The van der Waals surface area contributed by atoms with Gasteiger partial charge in [0.15, 0.2) is 0 Å². The van der Waals surface area contributed by atoms with Gasteiger partial charge in [-0.15, -0.1) is 0 Å². The Kier molecular flexibility index (Phi) is 9.00. The SMILES string of the molecule is C=N/C(=C\C=C/C)CNC(=O)C(C)N(c1cc(Cl)ccc1F)S(=O)(=O)c1ccc(Cl)cc1. The number of rotatable bonds is 9. The van der Waals surface area contributed by atoms with Crippen LogP contribution in [0.3, 0.4) is 0 Å². The van der Waals surface area contributed by atoms with Crippen LogP contribution in [0.1, 0.15) is 13.8 Å². The Morgan fingerprint density at radius 1 is 1.22 bits per heavy atom. The zero-order valence-corrected chi connectivity index (χ0v) is 19.8. The van der Waals surface area contributed by atoms with Gasteiger partial charge in [-0.3, -0.25) is 14.1 Å². The van der Waals surface area contributed by atoms with Gasteiger partial charge in [-0.2, -0.15) is 0 Å². The van der Waals surface area contributed by atoms with Gasteiger partial charge in [-0.05, 0) is 69.1 Å². The fraction of sp³-hybridized carbons (Fsp3) is 0.182. The molecule has 0 aromatic heterocycles. The molecular weight excluding hydrogens is 476 g/mol. The van der Waals surface area contributed by atoms with Gasteiger partial charge in [-0.25, -0.2) is 12.8 Å². The maximum atomic E-state index is 14.7. The number of aliphatic imine (C=N–C) groups is 1. The van der Waals surface area contributed by atoms with Crippen LogP contribution in [0.2, 0.25) is 10.0 Å². The summed E-state index contributed by atoms with van der Waals surface area (Å²) in [4.78, 5) is 16.5. The fourth-order valence-corrected chi connectivity index (χ4v) is 4.64. The number of benzene rings is 2. The molecule has 2 aromatic rings. The van der Waals surface area contributed by atoms with Gasteiger partial charge in [0.05, 0.1) is 22.8 Å². The van der Waals surface area contributed by atoms with Crippen LogP contribution < -0.4 is 9.62 Å². The summed E-state index contributed by atoms with van der Waals surface area (Å²) in [5.74, 6) is -1.52. The highest BCUT2D eigenvalue weighted by Gasteiger charge is 2.35. The highest BCUT2D eigenvalue weighted by atomic mass is 35.5. The molecule has 10 heteroatoms. The number of allylic oxidation sites excluding steroid dienone is 3. The highest BCUT2D eigenvalue weighted by molar-refractivity contribution is 7.93. The molecule has 0 bridgehead atoms. The van der Waals surface area contributed by atoms with Crippen molar-refractivity contribution < 1.29 is 17.6 Å². The minimum Gasteiger partial charge on any atom is -0.349 e. The lowest BCUT2D eigenvalue weighted by Crippen LogP contribution is -2.48. The molecule has 0 spiro atoms. The molecule has 1 amide bonds. The van der Waals surface area contributed by atoms with Gasteiger partial charge < -0.3 is 5.32 Å². The predicted molar refractivity (Wildman–Crippen MR) is 127 cm³/mol. The average Bonchev–Trinajstić information content (AvgIpc) is 2.76. The minimum absolute atomic E-state index is 0.00384. The van der Waals surface area contributed by atoms with Crippen molar-refractivity contribution in [2.45, 2.75) is 24.8 Å². The van der Waals surface area contributed by atoms with Crippen molar-refractivity contribution in [3.8, 4) is 0 Å². The largest absolute Gasteiger partial charge is 0.349 e. The quantitative estimate of drug-likeness (QED) is 0.391. The van der Waals surface area contributed by atoms with Crippen LogP contribution in [0.25, 0.3) is 0 Å². The zero-order chi connectivity index (χ0) is 23.9. The summed E-state index contributed by atoms with van der Waals surface area (Å²) < 4.78 is 42.3. The number of nitrogens with zero attached hydrogens (tertiary/aromatic N) is 2. The maximum absolute atomic E-state index is 14.7. The van der Waals surface area contributed by atoms with E-state index in [0.717, 1.165) is 12.1 Å². The molecule has 1 N–H and O–H groups in total. The van der Waals surface area contributed by atoms with E-state index in [-0.39, 0.29) is 22.2 Å². The average molecular weight is 498 g/mol.